The van der Waals surface area contributed by atoms with Crippen LogP contribution in [0.4, 0.5) is 4.39 Å². The summed E-state index contributed by atoms with van der Waals surface area (Å²) >= 11 is 3.18. The number of hydrogen-bond donors (Lipinski definition) is 0. The van der Waals surface area contributed by atoms with Crippen molar-refractivity contribution in [3.8, 4) is 6.07 Å². The second-order valence-electron chi connectivity index (χ2n) is 3.81. The van der Waals surface area contributed by atoms with Crippen molar-refractivity contribution in [3.63, 3.8) is 0 Å². The number of hydrogen-bond acceptors (Lipinski definition) is 3. The molecule has 2 aromatic rings. The molecule has 1 aromatic heterocycles. The maximum atomic E-state index is 13.2. The molecule has 0 aliphatic rings. The van der Waals surface area contributed by atoms with Crippen molar-refractivity contribution in [3.05, 3.63) is 64.1 Å². The molecule has 2 rings (SSSR count). The van der Waals surface area contributed by atoms with E-state index in [9.17, 15) is 9.18 Å². The zero-order valence-electron chi connectivity index (χ0n) is 9.68. The van der Waals surface area contributed by atoms with Crippen molar-refractivity contribution in [2.45, 2.75) is 5.92 Å². The summed E-state index contributed by atoms with van der Waals surface area (Å²) in [6.07, 6.45) is 1.51. The van der Waals surface area contributed by atoms with E-state index in [1.54, 1.807) is 18.2 Å². The quantitative estimate of drug-likeness (QED) is 0.814. The van der Waals surface area contributed by atoms with E-state index in [4.69, 9.17) is 5.26 Å². The van der Waals surface area contributed by atoms with E-state index >= 15 is 0 Å². The minimum absolute atomic E-state index is 0.136. The lowest BCUT2D eigenvalue weighted by Gasteiger charge is -2.09. The summed E-state index contributed by atoms with van der Waals surface area (Å²) in [5, 5.41) is 9.15. The molecule has 5 heteroatoms. The molecule has 0 saturated heterocycles. The number of rotatable bonds is 3. The second kappa shape index (κ2) is 5.72. The SMILES string of the molecule is N#CC(C(=O)c1cc(F)ccc1Br)c1ccccn1. The number of carbonyl (C=O) groups excluding carboxylic acids is 1. The molecular weight excluding hydrogens is 311 g/mol. The zero-order valence-corrected chi connectivity index (χ0v) is 11.3. The first-order valence-electron chi connectivity index (χ1n) is 5.43. The van der Waals surface area contributed by atoms with Gasteiger partial charge < -0.3 is 0 Å². The Balaban J connectivity index is 2.43. The highest BCUT2D eigenvalue weighted by Crippen LogP contribution is 2.25. The smallest absolute Gasteiger partial charge is 0.187 e. The van der Waals surface area contributed by atoms with Gasteiger partial charge >= 0.3 is 0 Å². The van der Waals surface area contributed by atoms with E-state index in [1.165, 1.54) is 18.3 Å². The van der Waals surface area contributed by atoms with Crippen LogP contribution in [0, 0.1) is 17.1 Å². The second-order valence-corrected chi connectivity index (χ2v) is 4.66. The van der Waals surface area contributed by atoms with Crippen LogP contribution >= 0.6 is 15.9 Å². The van der Waals surface area contributed by atoms with Crippen LogP contribution in [-0.4, -0.2) is 10.8 Å². The molecule has 19 heavy (non-hydrogen) atoms. The van der Waals surface area contributed by atoms with E-state index in [2.05, 4.69) is 20.9 Å². The van der Waals surface area contributed by atoms with Crippen LogP contribution in [0.15, 0.2) is 47.1 Å². The van der Waals surface area contributed by atoms with Gasteiger partial charge in [0.15, 0.2) is 11.7 Å². The summed E-state index contributed by atoms with van der Waals surface area (Å²) in [6.45, 7) is 0. The molecule has 94 valence electrons. The topological polar surface area (TPSA) is 53.8 Å². The van der Waals surface area contributed by atoms with E-state index in [1.807, 2.05) is 6.07 Å². The molecule has 0 fully saturated rings. The Bertz CT molecular complexity index is 652. The Morgan fingerprint density at radius 3 is 2.79 bits per heavy atom. The first kappa shape index (κ1) is 13.4. The summed E-state index contributed by atoms with van der Waals surface area (Å²) < 4.78 is 13.7. The van der Waals surface area contributed by atoms with Crippen molar-refractivity contribution < 1.29 is 9.18 Å². The van der Waals surface area contributed by atoms with Crippen LogP contribution in [-0.2, 0) is 0 Å². The standard InChI is InChI=1S/C14H8BrFN2O/c15-12-5-4-9(16)7-10(12)14(19)11(8-17)13-3-1-2-6-18-13/h1-7,11H. The molecule has 0 aliphatic carbocycles. The van der Waals surface area contributed by atoms with Gasteiger partial charge in [-0.2, -0.15) is 5.26 Å². The molecule has 0 amide bonds. The van der Waals surface area contributed by atoms with E-state index in [0.29, 0.717) is 10.2 Å². The molecular formula is C14H8BrFN2O. The number of carbonyl (C=O) groups is 1. The predicted octanol–water partition coefficient (Wildman–Crippen LogP) is 3.47. The normalized spacial score (nSPS) is 11.6. The summed E-state index contributed by atoms with van der Waals surface area (Å²) in [6, 6.07) is 10.7. The van der Waals surface area contributed by atoms with Gasteiger partial charge in [0.05, 0.1) is 11.8 Å². The lowest BCUT2D eigenvalue weighted by Crippen LogP contribution is -2.13. The Morgan fingerprint density at radius 1 is 1.37 bits per heavy atom. The minimum Gasteiger partial charge on any atom is -0.292 e. The zero-order chi connectivity index (χ0) is 13.8. The highest BCUT2D eigenvalue weighted by atomic mass is 79.9. The van der Waals surface area contributed by atoms with Gasteiger partial charge in [0, 0.05) is 16.2 Å². The monoisotopic (exact) mass is 318 g/mol. The number of benzene rings is 1. The van der Waals surface area contributed by atoms with Gasteiger partial charge in [-0.3, -0.25) is 9.78 Å². The first-order chi connectivity index (χ1) is 9.13. The van der Waals surface area contributed by atoms with E-state index in [-0.39, 0.29) is 5.56 Å². The number of pyridine rings is 1. The highest BCUT2D eigenvalue weighted by molar-refractivity contribution is 9.10. The van der Waals surface area contributed by atoms with Crippen LogP contribution < -0.4 is 0 Å². The Kier molecular flexibility index (Phi) is 4.03. The molecule has 1 aromatic carbocycles. The van der Waals surface area contributed by atoms with Crippen molar-refractivity contribution >= 4 is 21.7 Å². The average molecular weight is 319 g/mol. The predicted molar refractivity (Wildman–Crippen MR) is 71.0 cm³/mol. The van der Waals surface area contributed by atoms with Gasteiger partial charge in [-0.25, -0.2) is 4.39 Å². The fraction of sp³-hybridized carbons (Fsp3) is 0.0714. The molecule has 3 nitrogen and oxygen atoms in total. The number of Topliss-reactive ketones (excluding diaryl/α,β-unsaturated/α-hetero) is 1. The third-order valence-electron chi connectivity index (χ3n) is 2.57. The molecule has 0 bridgehead atoms. The summed E-state index contributed by atoms with van der Waals surface area (Å²) in [7, 11) is 0. The first-order valence-corrected chi connectivity index (χ1v) is 6.22. The lowest BCUT2D eigenvalue weighted by atomic mass is 9.95. The van der Waals surface area contributed by atoms with Crippen molar-refractivity contribution in [2.24, 2.45) is 0 Å². The number of nitriles is 1. The maximum Gasteiger partial charge on any atom is 0.187 e. The summed E-state index contributed by atoms with van der Waals surface area (Å²) in [5.74, 6) is -2.05. The van der Waals surface area contributed by atoms with Crippen LogP contribution in [0.2, 0.25) is 0 Å². The number of nitrogens with zero attached hydrogens (tertiary/aromatic N) is 2. The fourth-order valence-corrected chi connectivity index (χ4v) is 2.09. The van der Waals surface area contributed by atoms with Gasteiger partial charge in [0.25, 0.3) is 0 Å². The number of ketones is 1. The Hall–Kier alpha value is -2.06. The van der Waals surface area contributed by atoms with E-state index in [0.717, 1.165) is 6.07 Å². The molecule has 0 aliphatic heterocycles. The molecule has 1 atom stereocenters. The minimum atomic E-state index is -1.04. The molecule has 0 saturated carbocycles. The number of halogens is 2. The third kappa shape index (κ3) is 2.85. The molecule has 0 spiro atoms. The molecule has 0 N–H and O–H groups in total. The van der Waals surface area contributed by atoms with Gasteiger partial charge in [0.2, 0.25) is 0 Å². The maximum absolute atomic E-state index is 13.2. The van der Waals surface area contributed by atoms with Crippen LogP contribution in [0.25, 0.3) is 0 Å². The fourth-order valence-electron chi connectivity index (χ4n) is 1.65. The van der Waals surface area contributed by atoms with Gasteiger partial charge in [-0.1, -0.05) is 22.0 Å². The van der Waals surface area contributed by atoms with Crippen molar-refractivity contribution in [2.75, 3.05) is 0 Å². The van der Waals surface area contributed by atoms with Crippen LogP contribution in [0.3, 0.4) is 0 Å². The lowest BCUT2D eigenvalue weighted by molar-refractivity contribution is 0.0976. The van der Waals surface area contributed by atoms with Gasteiger partial charge in [-0.15, -0.1) is 0 Å². The van der Waals surface area contributed by atoms with Gasteiger partial charge in [-0.05, 0) is 30.3 Å². The molecule has 0 radical (unpaired) electrons. The van der Waals surface area contributed by atoms with Crippen LogP contribution in [0.5, 0.6) is 0 Å². The van der Waals surface area contributed by atoms with Crippen LogP contribution in [0.1, 0.15) is 22.0 Å². The largest absolute Gasteiger partial charge is 0.292 e. The number of aromatic nitrogens is 1. The summed E-state index contributed by atoms with van der Waals surface area (Å²) in [5.41, 5.74) is 0.489. The van der Waals surface area contributed by atoms with Crippen molar-refractivity contribution in [1.82, 2.24) is 4.98 Å². The van der Waals surface area contributed by atoms with Crippen molar-refractivity contribution in [1.29, 1.82) is 5.26 Å². The molecule has 1 heterocycles. The Morgan fingerprint density at radius 2 is 2.16 bits per heavy atom. The highest BCUT2D eigenvalue weighted by Gasteiger charge is 2.24. The third-order valence-corrected chi connectivity index (χ3v) is 3.26. The Labute approximate surface area is 117 Å². The summed E-state index contributed by atoms with van der Waals surface area (Å²) in [4.78, 5) is 16.3. The van der Waals surface area contributed by atoms with Gasteiger partial charge in [0.1, 0.15) is 5.82 Å². The average Bonchev–Trinajstić information content (AvgIpc) is 2.43. The van der Waals surface area contributed by atoms with E-state index < -0.39 is 17.5 Å². The molecule has 1 unspecified atom stereocenters.